The molecule has 0 saturated heterocycles. The van der Waals surface area contributed by atoms with E-state index in [9.17, 15) is 4.79 Å². The van der Waals surface area contributed by atoms with Gasteiger partial charge >= 0.3 is 0 Å². The summed E-state index contributed by atoms with van der Waals surface area (Å²) in [4.78, 5) is 17.5. The van der Waals surface area contributed by atoms with Crippen LogP contribution in [0.15, 0.2) is 36.9 Å². The number of carbonyl (C=O) groups excluding carboxylic acids is 1. The van der Waals surface area contributed by atoms with Crippen molar-refractivity contribution in [1.82, 2.24) is 19.8 Å². The number of nitrogens with zero attached hydrogens (tertiary/aromatic N) is 3. The van der Waals surface area contributed by atoms with Gasteiger partial charge in [0.15, 0.2) is 17.6 Å². The number of hydrogen-bond donors (Lipinski definition) is 1. The lowest BCUT2D eigenvalue weighted by molar-refractivity contribution is -0.135. The third-order valence-electron chi connectivity index (χ3n) is 3.84. The Morgan fingerprint density at radius 2 is 2.15 bits per heavy atom. The first kappa shape index (κ1) is 19.8. The first-order valence-electron chi connectivity index (χ1n) is 8.81. The Kier molecular flexibility index (Phi) is 7.47. The van der Waals surface area contributed by atoms with E-state index >= 15 is 0 Å². The van der Waals surface area contributed by atoms with Gasteiger partial charge in [0.1, 0.15) is 0 Å². The number of aromatic nitrogens is 2. The molecule has 0 unspecified atom stereocenters. The van der Waals surface area contributed by atoms with Gasteiger partial charge in [0.2, 0.25) is 0 Å². The van der Waals surface area contributed by atoms with Crippen molar-refractivity contribution in [3.05, 3.63) is 42.5 Å². The van der Waals surface area contributed by atoms with E-state index < -0.39 is 6.10 Å². The number of imidazole rings is 1. The van der Waals surface area contributed by atoms with E-state index in [0.29, 0.717) is 18.1 Å². The Labute approximate surface area is 154 Å². The minimum Gasteiger partial charge on any atom is -0.490 e. The third kappa shape index (κ3) is 5.77. The molecule has 1 atom stereocenters. The highest BCUT2D eigenvalue weighted by Crippen LogP contribution is 2.29. The average Bonchev–Trinajstić information content (AvgIpc) is 3.13. The molecule has 0 radical (unpaired) electrons. The fraction of sp³-hybridized carbons (Fsp3) is 0.474. The zero-order chi connectivity index (χ0) is 18.9. The molecule has 1 N–H and O–H groups in total. The highest BCUT2D eigenvalue weighted by Gasteiger charge is 2.18. The van der Waals surface area contributed by atoms with Crippen LogP contribution >= 0.6 is 0 Å². The summed E-state index contributed by atoms with van der Waals surface area (Å²) in [6, 6.07) is 5.79. The number of carbonyl (C=O) groups is 1. The fourth-order valence-corrected chi connectivity index (χ4v) is 2.49. The molecular formula is C19H28N4O3. The molecular weight excluding hydrogens is 332 g/mol. The Bertz CT molecular complexity index is 686. The smallest absolute Gasteiger partial charge is 0.262 e. The van der Waals surface area contributed by atoms with Gasteiger partial charge in [-0.1, -0.05) is 6.07 Å². The fourth-order valence-electron chi connectivity index (χ4n) is 2.49. The number of hydrogen-bond acceptors (Lipinski definition) is 5. The lowest BCUT2D eigenvalue weighted by Crippen LogP contribution is -2.35. The topological polar surface area (TPSA) is 68.6 Å². The molecule has 2 rings (SSSR count). The average molecular weight is 360 g/mol. The van der Waals surface area contributed by atoms with Crippen LogP contribution in [-0.2, 0) is 17.9 Å². The number of amides is 1. The first-order valence-corrected chi connectivity index (χ1v) is 8.81. The summed E-state index contributed by atoms with van der Waals surface area (Å²) in [7, 11) is 3.43. The minimum absolute atomic E-state index is 0.0855. The largest absolute Gasteiger partial charge is 0.490 e. The summed E-state index contributed by atoms with van der Waals surface area (Å²) >= 11 is 0. The van der Waals surface area contributed by atoms with E-state index in [1.165, 1.54) is 4.90 Å². The summed E-state index contributed by atoms with van der Waals surface area (Å²) in [5, 5.41) is 3.40. The van der Waals surface area contributed by atoms with E-state index in [1.54, 1.807) is 33.5 Å². The van der Waals surface area contributed by atoms with Crippen molar-refractivity contribution in [2.75, 3.05) is 27.2 Å². The Balaban J connectivity index is 1.94. The van der Waals surface area contributed by atoms with Crippen LogP contribution in [0.4, 0.5) is 0 Å². The Morgan fingerprint density at radius 3 is 2.81 bits per heavy atom. The van der Waals surface area contributed by atoms with Crippen LogP contribution in [0.1, 0.15) is 19.4 Å². The van der Waals surface area contributed by atoms with E-state index in [2.05, 4.69) is 10.3 Å². The zero-order valence-corrected chi connectivity index (χ0v) is 15.9. The first-order chi connectivity index (χ1) is 12.5. The molecule has 1 aromatic heterocycles. The lowest BCUT2D eigenvalue weighted by Gasteiger charge is -2.20. The van der Waals surface area contributed by atoms with Gasteiger partial charge in [-0.2, -0.15) is 0 Å². The van der Waals surface area contributed by atoms with Crippen molar-refractivity contribution in [3.8, 4) is 11.5 Å². The maximum absolute atomic E-state index is 12.0. The third-order valence-corrected chi connectivity index (χ3v) is 3.84. The summed E-state index contributed by atoms with van der Waals surface area (Å²) in [6.07, 6.45) is 4.95. The van der Waals surface area contributed by atoms with Gasteiger partial charge in [0.25, 0.3) is 5.91 Å². The second kappa shape index (κ2) is 9.82. The van der Waals surface area contributed by atoms with Crippen molar-refractivity contribution >= 4 is 5.91 Å². The van der Waals surface area contributed by atoms with Gasteiger partial charge < -0.3 is 24.3 Å². The molecule has 7 heteroatoms. The summed E-state index contributed by atoms with van der Waals surface area (Å²) < 4.78 is 13.5. The maximum Gasteiger partial charge on any atom is 0.262 e. The van der Waals surface area contributed by atoms with Crippen LogP contribution < -0.4 is 14.8 Å². The summed E-state index contributed by atoms with van der Waals surface area (Å²) in [6.45, 7) is 6.62. The molecule has 0 aliphatic carbocycles. The number of benzene rings is 1. The van der Waals surface area contributed by atoms with Gasteiger partial charge in [-0.25, -0.2) is 4.98 Å². The molecule has 0 aliphatic heterocycles. The van der Waals surface area contributed by atoms with E-state index in [-0.39, 0.29) is 5.91 Å². The number of ether oxygens (including phenoxy) is 2. The van der Waals surface area contributed by atoms with Crippen LogP contribution in [0, 0.1) is 0 Å². The summed E-state index contributed by atoms with van der Waals surface area (Å²) in [5.41, 5.74) is 1.10. The van der Waals surface area contributed by atoms with Gasteiger partial charge in [-0.15, -0.1) is 0 Å². The molecule has 0 fully saturated rings. The van der Waals surface area contributed by atoms with Crippen LogP contribution in [0.25, 0.3) is 0 Å². The van der Waals surface area contributed by atoms with Crippen molar-refractivity contribution in [3.63, 3.8) is 0 Å². The molecule has 0 spiro atoms. The lowest BCUT2D eigenvalue weighted by atomic mass is 10.2. The molecule has 7 nitrogen and oxygen atoms in total. The van der Waals surface area contributed by atoms with Crippen molar-refractivity contribution in [1.29, 1.82) is 0 Å². The summed E-state index contributed by atoms with van der Waals surface area (Å²) in [5.74, 6) is 1.15. The number of likely N-dealkylation sites (N-methyl/N-ethyl adjacent to an activating group) is 1. The molecule has 26 heavy (non-hydrogen) atoms. The van der Waals surface area contributed by atoms with Crippen LogP contribution in [0.2, 0.25) is 0 Å². The van der Waals surface area contributed by atoms with Crippen molar-refractivity contribution in [2.24, 2.45) is 0 Å². The van der Waals surface area contributed by atoms with Gasteiger partial charge in [0.05, 0.1) is 12.9 Å². The maximum atomic E-state index is 12.0. The van der Waals surface area contributed by atoms with Crippen LogP contribution in [-0.4, -0.2) is 53.7 Å². The Hall–Kier alpha value is -2.54. The van der Waals surface area contributed by atoms with E-state index in [0.717, 1.165) is 25.2 Å². The molecule has 1 heterocycles. The predicted molar refractivity (Wildman–Crippen MR) is 100 cm³/mol. The van der Waals surface area contributed by atoms with Gasteiger partial charge in [0, 0.05) is 46.1 Å². The normalized spacial score (nSPS) is 11.8. The van der Waals surface area contributed by atoms with Crippen LogP contribution in [0.3, 0.4) is 0 Å². The molecule has 0 bridgehead atoms. The molecule has 1 aromatic carbocycles. The van der Waals surface area contributed by atoms with Crippen molar-refractivity contribution < 1.29 is 14.3 Å². The number of rotatable bonds is 10. The second-order valence-corrected chi connectivity index (χ2v) is 6.18. The molecule has 0 saturated carbocycles. The number of nitrogens with one attached hydrogen (secondary N) is 1. The molecule has 142 valence electrons. The highest BCUT2D eigenvalue weighted by atomic mass is 16.5. The Morgan fingerprint density at radius 1 is 1.35 bits per heavy atom. The van der Waals surface area contributed by atoms with Gasteiger partial charge in [-0.05, 0) is 31.5 Å². The highest BCUT2D eigenvalue weighted by molar-refractivity contribution is 5.80. The monoisotopic (exact) mass is 360 g/mol. The molecule has 0 aliphatic rings. The standard InChI is InChI=1S/C19H28N4O3/c1-5-25-18-12-16(13-20-8-10-23-11-9-21-14-23)6-7-17(18)26-15(2)19(24)22(3)4/h6-7,9,11-12,14-15,20H,5,8,10,13H2,1-4H3/t15-/m1/s1. The van der Waals surface area contributed by atoms with Crippen molar-refractivity contribution in [2.45, 2.75) is 33.0 Å². The zero-order valence-electron chi connectivity index (χ0n) is 15.9. The molecule has 2 aromatic rings. The predicted octanol–water partition coefficient (Wildman–Crippen LogP) is 1.93. The minimum atomic E-state index is -0.566. The van der Waals surface area contributed by atoms with E-state index in [4.69, 9.17) is 9.47 Å². The SMILES string of the molecule is CCOc1cc(CNCCn2ccnc2)ccc1O[C@H](C)C(=O)N(C)C. The quantitative estimate of drug-likeness (QED) is 0.656. The van der Waals surface area contributed by atoms with Crippen LogP contribution in [0.5, 0.6) is 11.5 Å². The second-order valence-electron chi connectivity index (χ2n) is 6.18. The van der Waals surface area contributed by atoms with Gasteiger partial charge in [-0.3, -0.25) is 4.79 Å². The van der Waals surface area contributed by atoms with E-state index in [1.807, 2.05) is 35.9 Å². The molecule has 1 amide bonds.